The standard InChI is InChI=1S/C7H8N.Li.H2O4S/c8-6-7-4-2-1-3-5-7;;1-5(2,3)4/h1-2,4-5H,6,8H2;;(H2,1,2,3,4)/q-1;+1;. The summed E-state index contributed by atoms with van der Waals surface area (Å²) >= 11 is 0. The van der Waals surface area contributed by atoms with Crippen molar-refractivity contribution < 1.29 is 36.4 Å². The van der Waals surface area contributed by atoms with Crippen molar-refractivity contribution in [2.75, 3.05) is 0 Å². The van der Waals surface area contributed by atoms with Gasteiger partial charge in [0.15, 0.2) is 0 Å². The van der Waals surface area contributed by atoms with E-state index in [9.17, 15) is 0 Å². The molecule has 0 atom stereocenters. The molecule has 0 radical (unpaired) electrons. The van der Waals surface area contributed by atoms with Gasteiger partial charge in [0.2, 0.25) is 0 Å². The number of hydrogen-bond donors (Lipinski definition) is 3. The molecular formula is C7H10LiNO4S. The smallest absolute Gasteiger partial charge is 0.337 e. The van der Waals surface area contributed by atoms with E-state index in [-0.39, 0.29) is 18.9 Å². The predicted molar refractivity (Wildman–Crippen MR) is 47.3 cm³/mol. The molecule has 1 aromatic rings. The first-order chi connectivity index (χ1) is 5.93. The second kappa shape index (κ2) is 8.00. The van der Waals surface area contributed by atoms with Crippen molar-refractivity contribution in [3.8, 4) is 0 Å². The van der Waals surface area contributed by atoms with Crippen molar-refractivity contribution in [3.05, 3.63) is 35.9 Å². The number of rotatable bonds is 1. The molecule has 1 rings (SSSR count). The second-order valence-electron chi connectivity index (χ2n) is 2.06. The molecule has 0 spiro atoms. The Morgan fingerprint density at radius 2 is 1.93 bits per heavy atom. The Balaban J connectivity index is 0. The number of hydrogen-bond acceptors (Lipinski definition) is 3. The van der Waals surface area contributed by atoms with Crippen molar-refractivity contribution in [1.82, 2.24) is 0 Å². The van der Waals surface area contributed by atoms with Crippen LogP contribution in [-0.4, -0.2) is 17.5 Å². The summed E-state index contributed by atoms with van der Waals surface area (Å²) in [5.41, 5.74) is 6.46. The van der Waals surface area contributed by atoms with Crippen molar-refractivity contribution in [2.24, 2.45) is 5.73 Å². The van der Waals surface area contributed by atoms with Crippen LogP contribution in [0.3, 0.4) is 0 Å². The molecule has 7 heteroatoms. The van der Waals surface area contributed by atoms with Crippen molar-refractivity contribution in [1.29, 1.82) is 0 Å². The summed E-state index contributed by atoms with van der Waals surface area (Å²) < 4.78 is 31.6. The third kappa shape index (κ3) is 14.2. The molecule has 0 bridgehead atoms. The fourth-order valence-electron chi connectivity index (χ4n) is 0.557. The summed E-state index contributed by atoms with van der Waals surface area (Å²) in [6, 6.07) is 10.6. The van der Waals surface area contributed by atoms with Crippen molar-refractivity contribution >= 4 is 10.4 Å². The molecule has 1 aromatic carbocycles. The van der Waals surface area contributed by atoms with Gasteiger partial charge in [-0.1, -0.05) is 0 Å². The minimum atomic E-state index is -4.67. The molecular weight excluding hydrogens is 201 g/mol. The largest absolute Gasteiger partial charge is 1.00 e. The van der Waals surface area contributed by atoms with Crippen LogP contribution in [-0.2, 0) is 16.9 Å². The predicted octanol–water partition coefficient (Wildman–Crippen LogP) is -2.70. The van der Waals surface area contributed by atoms with E-state index in [1.807, 2.05) is 24.3 Å². The quantitative estimate of drug-likeness (QED) is 0.266. The third-order valence-electron chi connectivity index (χ3n) is 1.01. The van der Waals surface area contributed by atoms with E-state index < -0.39 is 10.4 Å². The first kappa shape index (κ1) is 16.1. The average Bonchev–Trinajstić information content (AvgIpc) is 2.03. The normalized spacial score (nSPS) is 9.36. The second-order valence-corrected chi connectivity index (χ2v) is 2.96. The molecule has 0 aromatic heterocycles. The van der Waals surface area contributed by atoms with E-state index in [0.29, 0.717) is 6.54 Å². The maximum Gasteiger partial charge on any atom is 1.00 e. The molecule has 0 saturated heterocycles. The van der Waals surface area contributed by atoms with Crippen LogP contribution in [0.15, 0.2) is 24.3 Å². The van der Waals surface area contributed by atoms with E-state index in [1.54, 1.807) is 0 Å². The Hall–Kier alpha value is -0.353. The van der Waals surface area contributed by atoms with Gasteiger partial charge in [-0.05, 0) is 6.54 Å². The maximum absolute atomic E-state index is 8.74. The topological polar surface area (TPSA) is 101 Å². The molecule has 74 valence electrons. The van der Waals surface area contributed by atoms with Gasteiger partial charge in [0.25, 0.3) is 0 Å². The van der Waals surface area contributed by atoms with Gasteiger partial charge in [-0.25, -0.2) is 0 Å². The minimum absolute atomic E-state index is 0. The van der Waals surface area contributed by atoms with Crippen LogP contribution < -0.4 is 24.6 Å². The van der Waals surface area contributed by atoms with Crippen molar-refractivity contribution in [2.45, 2.75) is 6.54 Å². The average molecular weight is 211 g/mol. The summed E-state index contributed by atoms with van der Waals surface area (Å²) in [4.78, 5) is 0. The van der Waals surface area contributed by atoms with Gasteiger partial charge in [0.05, 0.1) is 0 Å². The number of nitrogens with two attached hydrogens (primary N) is 1. The monoisotopic (exact) mass is 211 g/mol. The van der Waals surface area contributed by atoms with Gasteiger partial charge >= 0.3 is 29.3 Å². The van der Waals surface area contributed by atoms with Gasteiger partial charge in [-0.15, -0.1) is 5.56 Å². The Morgan fingerprint density at radius 1 is 1.43 bits per heavy atom. The van der Waals surface area contributed by atoms with E-state index in [4.69, 9.17) is 23.3 Å². The fourth-order valence-corrected chi connectivity index (χ4v) is 0.557. The van der Waals surface area contributed by atoms with E-state index in [1.165, 1.54) is 0 Å². The van der Waals surface area contributed by atoms with E-state index in [0.717, 1.165) is 5.56 Å². The van der Waals surface area contributed by atoms with Crippen LogP contribution >= 0.6 is 0 Å². The summed E-state index contributed by atoms with van der Waals surface area (Å²) in [7, 11) is -4.67. The first-order valence-corrected chi connectivity index (χ1v) is 4.68. The van der Waals surface area contributed by atoms with E-state index in [2.05, 4.69) is 6.07 Å². The molecule has 5 nitrogen and oxygen atoms in total. The summed E-state index contributed by atoms with van der Waals surface area (Å²) in [5.74, 6) is 0. The molecule has 0 aliphatic heterocycles. The van der Waals surface area contributed by atoms with Crippen LogP contribution in [0.1, 0.15) is 5.56 Å². The zero-order valence-corrected chi connectivity index (χ0v) is 8.53. The molecule has 0 aliphatic rings. The zero-order chi connectivity index (χ0) is 10.3. The molecule has 0 heterocycles. The van der Waals surface area contributed by atoms with Crippen LogP contribution in [0.25, 0.3) is 0 Å². The van der Waals surface area contributed by atoms with Gasteiger partial charge in [-0.3, -0.25) is 9.11 Å². The van der Waals surface area contributed by atoms with Crippen LogP contribution in [0.5, 0.6) is 0 Å². The summed E-state index contributed by atoms with van der Waals surface area (Å²) in [5, 5.41) is 0. The van der Waals surface area contributed by atoms with Gasteiger partial charge < -0.3 is 5.73 Å². The molecule has 0 fully saturated rings. The van der Waals surface area contributed by atoms with Gasteiger partial charge in [0, 0.05) is 0 Å². The molecule has 4 N–H and O–H groups in total. The number of benzene rings is 1. The van der Waals surface area contributed by atoms with Crippen LogP contribution in [0.2, 0.25) is 0 Å². The minimum Gasteiger partial charge on any atom is -0.337 e. The van der Waals surface area contributed by atoms with Gasteiger partial charge in [-0.2, -0.15) is 38.7 Å². The Kier molecular flexibility index (Phi) is 9.19. The molecule has 14 heavy (non-hydrogen) atoms. The zero-order valence-electron chi connectivity index (χ0n) is 7.71. The Labute approximate surface area is 95.1 Å². The van der Waals surface area contributed by atoms with Crippen LogP contribution in [0, 0.1) is 6.07 Å². The molecule has 0 aliphatic carbocycles. The Morgan fingerprint density at radius 3 is 2.14 bits per heavy atom. The summed E-state index contributed by atoms with van der Waals surface area (Å²) in [6.07, 6.45) is 0. The molecule has 0 saturated carbocycles. The molecule has 0 unspecified atom stereocenters. The van der Waals surface area contributed by atoms with Gasteiger partial charge in [0.1, 0.15) is 0 Å². The molecule has 0 amide bonds. The van der Waals surface area contributed by atoms with Crippen LogP contribution in [0.4, 0.5) is 0 Å². The first-order valence-electron chi connectivity index (χ1n) is 3.28. The maximum atomic E-state index is 8.74. The Bertz CT molecular complexity index is 319. The summed E-state index contributed by atoms with van der Waals surface area (Å²) in [6.45, 7) is 0.608. The third-order valence-corrected chi connectivity index (χ3v) is 1.01. The SMILES string of the molecule is NCc1c[c-]ccc1.O=S(=O)(O)O.[Li+]. The van der Waals surface area contributed by atoms with E-state index >= 15 is 0 Å². The fraction of sp³-hybridized carbons (Fsp3) is 0.143. The van der Waals surface area contributed by atoms with Crippen molar-refractivity contribution in [3.63, 3.8) is 0 Å².